The average Bonchev–Trinajstić information content (AvgIpc) is 2.97. The molecular formula is C17H26N2O2S. The van der Waals surface area contributed by atoms with Crippen LogP contribution in [0.2, 0.25) is 0 Å². The summed E-state index contributed by atoms with van der Waals surface area (Å²) in [5, 5.41) is 7.06. The second kappa shape index (κ2) is 7.29. The van der Waals surface area contributed by atoms with Gasteiger partial charge in [0.25, 0.3) is 0 Å². The Kier molecular flexibility index (Phi) is 5.64. The summed E-state index contributed by atoms with van der Waals surface area (Å²) in [6.07, 6.45) is 2.49. The van der Waals surface area contributed by atoms with Gasteiger partial charge < -0.3 is 20.1 Å². The predicted octanol–water partition coefficient (Wildman–Crippen LogP) is 3.46. The van der Waals surface area contributed by atoms with Crippen LogP contribution in [0.5, 0.6) is 5.75 Å². The lowest BCUT2D eigenvalue weighted by atomic mass is 9.87. The van der Waals surface area contributed by atoms with E-state index in [0.29, 0.717) is 5.11 Å². The van der Waals surface area contributed by atoms with Crippen molar-refractivity contribution < 1.29 is 9.47 Å². The van der Waals surface area contributed by atoms with Crippen LogP contribution in [-0.2, 0) is 10.2 Å². The van der Waals surface area contributed by atoms with Gasteiger partial charge in [0.15, 0.2) is 5.11 Å². The van der Waals surface area contributed by atoms with Crippen LogP contribution in [0.1, 0.15) is 39.2 Å². The molecule has 0 aliphatic carbocycles. The van der Waals surface area contributed by atoms with E-state index in [9.17, 15) is 0 Å². The largest absolute Gasteiger partial charge is 0.495 e. The Balaban J connectivity index is 2.01. The van der Waals surface area contributed by atoms with Crippen molar-refractivity contribution in [2.24, 2.45) is 0 Å². The molecule has 0 unspecified atom stereocenters. The molecule has 1 aromatic carbocycles. The summed E-state index contributed by atoms with van der Waals surface area (Å²) in [6, 6.07) is 6.16. The normalized spacial score (nSPS) is 18.1. The van der Waals surface area contributed by atoms with E-state index in [1.807, 2.05) is 6.07 Å². The maximum absolute atomic E-state index is 5.59. The molecule has 0 radical (unpaired) electrons. The summed E-state index contributed by atoms with van der Waals surface area (Å²) in [5.41, 5.74) is 2.20. The molecule has 4 nitrogen and oxygen atoms in total. The Labute approximate surface area is 138 Å². The van der Waals surface area contributed by atoms with E-state index in [4.69, 9.17) is 21.7 Å². The van der Waals surface area contributed by atoms with Crippen molar-refractivity contribution in [1.82, 2.24) is 5.32 Å². The second-order valence-electron chi connectivity index (χ2n) is 6.64. The molecule has 1 fully saturated rings. The molecule has 0 spiro atoms. The van der Waals surface area contributed by atoms with Gasteiger partial charge in [0.1, 0.15) is 5.75 Å². The number of thiocarbonyl (C=S) groups is 1. The fourth-order valence-corrected chi connectivity index (χ4v) is 2.64. The van der Waals surface area contributed by atoms with E-state index in [1.165, 1.54) is 5.56 Å². The summed E-state index contributed by atoms with van der Waals surface area (Å²) in [6.45, 7) is 8.16. The van der Waals surface area contributed by atoms with Crippen molar-refractivity contribution in [2.45, 2.75) is 45.1 Å². The minimum atomic E-state index is 0.0788. The third kappa shape index (κ3) is 4.58. The van der Waals surface area contributed by atoms with Gasteiger partial charge in [-0.05, 0) is 48.2 Å². The first-order valence-electron chi connectivity index (χ1n) is 7.75. The van der Waals surface area contributed by atoms with Crippen LogP contribution in [0.4, 0.5) is 5.69 Å². The zero-order valence-corrected chi connectivity index (χ0v) is 14.7. The lowest BCUT2D eigenvalue weighted by Gasteiger charge is -2.22. The van der Waals surface area contributed by atoms with Gasteiger partial charge in [-0.2, -0.15) is 0 Å². The summed E-state index contributed by atoms with van der Waals surface area (Å²) in [5.74, 6) is 0.786. The van der Waals surface area contributed by atoms with E-state index < -0.39 is 0 Å². The van der Waals surface area contributed by atoms with Gasteiger partial charge >= 0.3 is 0 Å². The molecule has 1 aromatic rings. The van der Waals surface area contributed by atoms with Gasteiger partial charge in [-0.3, -0.25) is 0 Å². The lowest BCUT2D eigenvalue weighted by molar-refractivity contribution is 0.114. The molecule has 1 aliphatic rings. The topological polar surface area (TPSA) is 42.5 Å². The number of hydrogen-bond donors (Lipinski definition) is 2. The highest BCUT2D eigenvalue weighted by Crippen LogP contribution is 2.31. The fourth-order valence-electron chi connectivity index (χ4n) is 2.45. The molecular weight excluding hydrogens is 296 g/mol. The number of benzene rings is 1. The summed E-state index contributed by atoms with van der Waals surface area (Å²) < 4.78 is 11.0. The molecule has 1 saturated heterocycles. The Bertz CT molecular complexity index is 520. The average molecular weight is 322 g/mol. The Morgan fingerprint density at radius 2 is 2.18 bits per heavy atom. The summed E-state index contributed by atoms with van der Waals surface area (Å²) in [7, 11) is 1.67. The monoisotopic (exact) mass is 322 g/mol. The van der Waals surface area contributed by atoms with E-state index in [1.54, 1.807) is 7.11 Å². The highest BCUT2D eigenvalue weighted by molar-refractivity contribution is 7.80. The van der Waals surface area contributed by atoms with Gasteiger partial charge in [0.2, 0.25) is 0 Å². The predicted molar refractivity (Wildman–Crippen MR) is 94.9 cm³/mol. The standard InChI is InChI=1S/C17H26N2O2S/c1-17(2,3)12-7-8-15(20-4)14(10-12)19-16(22)18-11-13-6-5-9-21-13/h7-8,10,13H,5-6,9,11H2,1-4H3,(H2,18,19,22)/t13-/m0/s1. The van der Waals surface area contributed by atoms with Gasteiger partial charge in [-0.15, -0.1) is 0 Å². The number of ether oxygens (including phenoxy) is 2. The van der Waals surface area contributed by atoms with Crippen molar-refractivity contribution in [3.63, 3.8) is 0 Å². The fraction of sp³-hybridized carbons (Fsp3) is 0.588. The second-order valence-corrected chi connectivity index (χ2v) is 7.04. The number of hydrogen-bond acceptors (Lipinski definition) is 3. The number of nitrogens with one attached hydrogen (secondary N) is 2. The van der Waals surface area contributed by atoms with Crippen LogP contribution in [0.3, 0.4) is 0 Å². The Morgan fingerprint density at radius 1 is 1.41 bits per heavy atom. The smallest absolute Gasteiger partial charge is 0.170 e. The maximum Gasteiger partial charge on any atom is 0.170 e. The van der Waals surface area contributed by atoms with Crippen molar-refractivity contribution in [3.05, 3.63) is 23.8 Å². The number of methoxy groups -OCH3 is 1. The maximum atomic E-state index is 5.59. The van der Waals surface area contributed by atoms with Gasteiger partial charge in [-0.1, -0.05) is 26.8 Å². The van der Waals surface area contributed by atoms with Gasteiger partial charge in [-0.25, -0.2) is 0 Å². The van der Waals surface area contributed by atoms with Crippen LogP contribution in [-0.4, -0.2) is 31.5 Å². The number of rotatable bonds is 4. The van der Waals surface area contributed by atoms with Gasteiger partial charge in [0.05, 0.1) is 18.9 Å². The minimum absolute atomic E-state index is 0.0788. The molecule has 1 atom stereocenters. The Hall–Kier alpha value is -1.33. The molecule has 2 rings (SSSR count). The molecule has 122 valence electrons. The first kappa shape index (κ1) is 17.0. The molecule has 5 heteroatoms. The van der Waals surface area contributed by atoms with Crippen LogP contribution in [0, 0.1) is 0 Å². The molecule has 1 heterocycles. The van der Waals surface area contributed by atoms with Gasteiger partial charge in [0, 0.05) is 13.2 Å². The van der Waals surface area contributed by atoms with E-state index >= 15 is 0 Å². The molecule has 1 aliphatic heterocycles. The highest BCUT2D eigenvalue weighted by Gasteiger charge is 2.18. The lowest BCUT2D eigenvalue weighted by Crippen LogP contribution is -2.35. The molecule has 0 saturated carbocycles. The van der Waals surface area contributed by atoms with Crippen LogP contribution in [0.25, 0.3) is 0 Å². The van der Waals surface area contributed by atoms with Crippen LogP contribution >= 0.6 is 12.2 Å². The first-order valence-corrected chi connectivity index (χ1v) is 8.16. The molecule has 2 N–H and O–H groups in total. The first-order chi connectivity index (χ1) is 10.4. The summed E-state index contributed by atoms with van der Waals surface area (Å²) in [4.78, 5) is 0. The van der Waals surface area contributed by atoms with Crippen molar-refractivity contribution >= 4 is 23.0 Å². The van der Waals surface area contributed by atoms with Crippen molar-refractivity contribution in [1.29, 1.82) is 0 Å². The van der Waals surface area contributed by atoms with Crippen LogP contribution in [0.15, 0.2) is 18.2 Å². The third-order valence-electron chi connectivity index (χ3n) is 3.83. The highest BCUT2D eigenvalue weighted by atomic mass is 32.1. The zero-order valence-electron chi connectivity index (χ0n) is 13.9. The molecule has 22 heavy (non-hydrogen) atoms. The minimum Gasteiger partial charge on any atom is -0.495 e. The summed E-state index contributed by atoms with van der Waals surface area (Å²) >= 11 is 5.38. The van der Waals surface area contributed by atoms with E-state index in [2.05, 4.69) is 43.5 Å². The SMILES string of the molecule is COc1ccc(C(C)(C)C)cc1NC(=S)NC[C@@H]1CCCO1. The van der Waals surface area contributed by atoms with Crippen molar-refractivity contribution in [3.8, 4) is 5.75 Å². The van der Waals surface area contributed by atoms with Crippen molar-refractivity contribution in [2.75, 3.05) is 25.6 Å². The molecule has 0 aromatic heterocycles. The molecule has 0 amide bonds. The zero-order chi connectivity index (χ0) is 16.2. The molecule has 0 bridgehead atoms. The van der Waals surface area contributed by atoms with E-state index in [0.717, 1.165) is 37.4 Å². The number of anilines is 1. The van der Waals surface area contributed by atoms with E-state index in [-0.39, 0.29) is 11.5 Å². The quantitative estimate of drug-likeness (QED) is 0.831. The Morgan fingerprint density at radius 3 is 2.77 bits per heavy atom. The van der Waals surface area contributed by atoms with Crippen LogP contribution < -0.4 is 15.4 Å². The third-order valence-corrected chi connectivity index (χ3v) is 4.07.